The van der Waals surface area contributed by atoms with Crippen molar-refractivity contribution in [2.24, 2.45) is 0 Å². The zero-order valence-electron chi connectivity index (χ0n) is 16.3. The smallest absolute Gasteiger partial charge is 0.306 e. The Morgan fingerprint density at radius 2 is 1.67 bits per heavy atom. The standard InChI is InChI=1S/C22H19F3N2O2S/c1-21(2,15-8-10-16(11-9-15)30-22(23,24)25)13-18(28)17-12-19(29)27-20(26-17)14-6-4-3-5-7-14/h3-12H,13H2,1-2H3,(H,26,27,29). The number of ketones is 1. The van der Waals surface area contributed by atoms with Gasteiger partial charge in [0.15, 0.2) is 5.78 Å². The number of hydrogen-bond acceptors (Lipinski definition) is 4. The van der Waals surface area contributed by atoms with Crippen molar-refractivity contribution >= 4 is 17.5 Å². The van der Waals surface area contributed by atoms with Gasteiger partial charge in [-0.25, -0.2) is 4.98 Å². The van der Waals surface area contributed by atoms with Gasteiger partial charge in [-0.05, 0) is 34.9 Å². The molecule has 30 heavy (non-hydrogen) atoms. The molecule has 156 valence electrons. The van der Waals surface area contributed by atoms with Crippen molar-refractivity contribution in [3.63, 3.8) is 0 Å². The number of carbonyl (C=O) groups excluding carboxylic acids is 1. The van der Waals surface area contributed by atoms with Gasteiger partial charge in [0, 0.05) is 22.9 Å². The number of H-pyrrole nitrogens is 1. The van der Waals surface area contributed by atoms with Gasteiger partial charge in [-0.15, -0.1) is 0 Å². The molecule has 4 nitrogen and oxygen atoms in total. The van der Waals surface area contributed by atoms with Crippen LogP contribution in [0.5, 0.6) is 0 Å². The molecule has 0 saturated carbocycles. The summed E-state index contributed by atoms with van der Waals surface area (Å²) >= 11 is -0.183. The number of benzene rings is 2. The molecule has 0 spiro atoms. The summed E-state index contributed by atoms with van der Waals surface area (Å²) in [7, 11) is 0. The summed E-state index contributed by atoms with van der Waals surface area (Å²) in [6.45, 7) is 3.64. The Morgan fingerprint density at radius 3 is 2.27 bits per heavy atom. The summed E-state index contributed by atoms with van der Waals surface area (Å²) in [5.74, 6) is -0.0187. The number of nitrogens with one attached hydrogen (secondary N) is 1. The number of rotatable bonds is 6. The number of alkyl halides is 3. The number of nitrogens with zero attached hydrogens (tertiary/aromatic N) is 1. The van der Waals surface area contributed by atoms with Crippen LogP contribution >= 0.6 is 11.8 Å². The summed E-state index contributed by atoms with van der Waals surface area (Å²) in [6, 6.07) is 16.1. The van der Waals surface area contributed by atoms with E-state index in [1.165, 1.54) is 12.1 Å². The molecular formula is C22H19F3N2O2S. The van der Waals surface area contributed by atoms with Crippen LogP contribution in [0.1, 0.15) is 36.3 Å². The zero-order chi connectivity index (χ0) is 21.9. The molecule has 0 unspecified atom stereocenters. The van der Waals surface area contributed by atoms with Crippen molar-refractivity contribution < 1.29 is 18.0 Å². The predicted molar refractivity (Wildman–Crippen MR) is 111 cm³/mol. The second-order valence-electron chi connectivity index (χ2n) is 7.40. The van der Waals surface area contributed by atoms with Crippen molar-refractivity contribution in [1.82, 2.24) is 9.97 Å². The number of aromatic amines is 1. The highest BCUT2D eigenvalue weighted by Crippen LogP contribution is 2.38. The monoisotopic (exact) mass is 432 g/mol. The van der Waals surface area contributed by atoms with E-state index in [0.29, 0.717) is 11.4 Å². The second-order valence-corrected chi connectivity index (χ2v) is 8.54. The minimum Gasteiger partial charge on any atom is -0.306 e. The van der Waals surface area contributed by atoms with Gasteiger partial charge in [0.2, 0.25) is 0 Å². The van der Waals surface area contributed by atoms with E-state index < -0.39 is 16.5 Å². The van der Waals surface area contributed by atoms with E-state index in [2.05, 4.69) is 9.97 Å². The lowest BCUT2D eigenvalue weighted by Crippen LogP contribution is -2.24. The van der Waals surface area contributed by atoms with E-state index in [-0.39, 0.29) is 34.6 Å². The van der Waals surface area contributed by atoms with Crippen LogP contribution in [0, 0.1) is 0 Å². The van der Waals surface area contributed by atoms with Gasteiger partial charge in [-0.2, -0.15) is 13.2 Å². The number of aromatic nitrogens is 2. The van der Waals surface area contributed by atoms with Crippen LogP contribution in [0.25, 0.3) is 11.4 Å². The summed E-state index contributed by atoms with van der Waals surface area (Å²) in [4.78, 5) is 31.9. The molecule has 0 fully saturated rings. The van der Waals surface area contributed by atoms with Gasteiger partial charge in [0.25, 0.3) is 5.56 Å². The average molecular weight is 432 g/mol. The Bertz CT molecular complexity index is 1090. The van der Waals surface area contributed by atoms with Gasteiger partial charge < -0.3 is 4.98 Å². The lowest BCUT2D eigenvalue weighted by molar-refractivity contribution is -0.0328. The van der Waals surface area contributed by atoms with Gasteiger partial charge in [-0.1, -0.05) is 56.3 Å². The van der Waals surface area contributed by atoms with Crippen LogP contribution in [0.3, 0.4) is 0 Å². The predicted octanol–water partition coefficient (Wildman–Crippen LogP) is 5.60. The van der Waals surface area contributed by atoms with Crippen LogP contribution in [0.2, 0.25) is 0 Å². The highest BCUT2D eigenvalue weighted by atomic mass is 32.2. The summed E-state index contributed by atoms with van der Waals surface area (Å²) in [6.07, 6.45) is 0.0451. The Kier molecular flexibility index (Phi) is 6.17. The third-order valence-corrected chi connectivity index (χ3v) is 5.29. The van der Waals surface area contributed by atoms with E-state index in [1.54, 1.807) is 36.4 Å². The Hall–Kier alpha value is -2.87. The molecule has 1 heterocycles. The number of halogens is 3. The first kappa shape index (κ1) is 21.8. The molecule has 0 aliphatic heterocycles. The van der Waals surface area contributed by atoms with E-state index in [0.717, 1.165) is 11.6 Å². The Labute approximate surface area is 175 Å². The molecule has 0 radical (unpaired) electrons. The molecule has 0 amide bonds. The number of carbonyl (C=O) groups is 1. The fourth-order valence-electron chi connectivity index (χ4n) is 3.04. The number of hydrogen-bond donors (Lipinski definition) is 1. The molecule has 1 aromatic heterocycles. The number of Topliss-reactive ketones (excluding diaryl/α,β-unsaturated/α-hetero) is 1. The zero-order valence-corrected chi connectivity index (χ0v) is 17.1. The first-order valence-corrected chi connectivity index (χ1v) is 9.91. The summed E-state index contributed by atoms with van der Waals surface area (Å²) < 4.78 is 37.5. The largest absolute Gasteiger partial charge is 0.446 e. The summed E-state index contributed by atoms with van der Waals surface area (Å²) in [5.41, 5.74) is -3.99. The molecule has 0 aliphatic rings. The fourth-order valence-corrected chi connectivity index (χ4v) is 3.57. The van der Waals surface area contributed by atoms with E-state index in [9.17, 15) is 22.8 Å². The highest BCUT2D eigenvalue weighted by molar-refractivity contribution is 8.00. The van der Waals surface area contributed by atoms with Crippen LogP contribution in [0.4, 0.5) is 13.2 Å². The molecule has 3 aromatic rings. The third-order valence-electron chi connectivity index (χ3n) is 4.55. The minimum absolute atomic E-state index is 0.0451. The molecule has 0 saturated heterocycles. The average Bonchev–Trinajstić information content (AvgIpc) is 2.67. The van der Waals surface area contributed by atoms with Crippen LogP contribution in [-0.2, 0) is 5.41 Å². The van der Waals surface area contributed by atoms with Gasteiger partial charge in [0.1, 0.15) is 11.5 Å². The van der Waals surface area contributed by atoms with Crippen molar-refractivity contribution in [2.45, 2.75) is 36.1 Å². The quantitative estimate of drug-likeness (QED) is 0.407. The highest BCUT2D eigenvalue weighted by Gasteiger charge is 2.30. The molecule has 2 aromatic carbocycles. The molecule has 8 heteroatoms. The minimum atomic E-state index is -4.35. The lowest BCUT2D eigenvalue weighted by atomic mass is 9.80. The number of thioether (sulfide) groups is 1. The first-order valence-electron chi connectivity index (χ1n) is 9.10. The Balaban J connectivity index is 1.81. The van der Waals surface area contributed by atoms with Crippen LogP contribution in [0.15, 0.2) is 70.4 Å². The molecular weight excluding hydrogens is 413 g/mol. The van der Waals surface area contributed by atoms with Crippen molar-refractivity contribution in [1.29, 1.82) is 0 Å². The normalized spacial score (nSPS) is 12.0. The topological polar surface area (TPSA) is 62.8 Å². The second kappa shape index (κ2) is 8.47. The maximum Gasteiger partial charge on any atom is 0.446 e. The molecule has 0 aliphatic carbocycles. The first-order chi connectivity index (χ1) is 14.0. The Morgan fingerprint density at radius 1 is 1.03 bits per heavy atom. The molecule has 0 atom stereocenters. The molecule has 0 bridgehead atoms. The fraction of sp³-hybridized carbons (Fsp3) is 0.227. The maximum absolute atomic E-state index is 12.9. The van der Waals surface area contributed by atoms with E-state index >= 15 is 0 Å². The van der Waals surface area contributed by atoms with E-state index in [1.807, 2.05) is 19.9 Å². The lowest BCUT2D eigenvalue weighted by Gasteiger charge is -2.24. The molecule has 3 rings (SSSR count). The van der Waals surface area contributed by atoms with Crippen LogP contribution < -0.4 is 5.56 Å². The van der Waals surface area contributed by atoms with Crippen molar-refractivity contribution in [2.75, 3.05) is 0 Å². The molecule has 1 N–H and O–H groups in total. The van der Waals surface area contributed by atoms with Crippen molar-refractivity contribution in [3.8, 4) is 11.4 Å². The third kappa shape index (κ3) is 5.60. The SMILES string of the molecule is CC(C)(CC(=O)c1cc(=O)[nH]c(-c2ccccc2)n1)c1ccc(SC(F)(F)F)cc1. The van der Waals surface area contributed by atoms with Gasteiger partial charge in [-0.3, -0.25) is 9.59 Å². The summed E-state index contributed by atoms with van der Waals surface area (Å²) in [5, 5.41) is 0. The van der Waals surface area contributed by atoms with Gasteiger partial charge >= 0.3 is 5.51 Å². The van der Waals surface area contributed by atoms with Gasteiger partial charge in [0.05, 0.1) is 0 Å². The maximum atomic E-state index is 12.9. The van der Waals surface area contributed by atoms with Crippen molar-refractivity contribution in [3.05, 3.63) is 82.3 Å². The van der Waals surface area contributed by atoms with Crippen LogP contribution in [-0.4, -0.2) is 21.3 Å². The van der Waals surface area contributed by atoms with E-state index in [4.69, 9.17) is 0 Å².